The number of thiazole rings is 1. The molecule has 3 aromatic heterocycles. The average molecular weight is 414 g/mol. The number of nitrogens with one attached hydrogen (secondary N) is 1. The van der Waals surface area contributed by atoms with Crippen molar-refractivity contribution in [2.75, 3.05) is 5.32 Å². The fourth-order valence-electron chi connectivity index (χ4n) is 2.51. The zero-order valence-electron chi connectivity index (χ0n) is 14.6. The average Bonchev–Trinajstić information content (AvgIpc) is 3.44. The van der Waals surface area contributed by atoms with Gasteiger partial charge < -0.3 is 9.73 Å². The molecule has 28 heavy (non-hydrogen) atoms. The zero-order valence-corrected chi connectivity index (χ0v) is 16.2. The predicted octanol–water partition coefficient (Wildman–Crippen LogP) is 4.56. The topological polar surface area (TPSA) is 80.9 Å². The minimum atomic E-state index is -0.260. The summed E-state index contributed by atoms with van der Waals surface area (Å²) in [5, 5.41) is 15.1. The van der Waals surface area contributed by atoms with Crippen molar-refractivity contribution in [2.24, 2.45) is 0 Å². The van der Waals surface area contributed by atoms with E-state index in [1.807, 2.05) is 16.8 Å². The maximum absolute atomic E-state index is 13.0. The van der Waals surface area contributed by atoms with Gasteiger partial charge in [-0.2, -0.15) is 11.3 Å². The van der Waals surface area contributed by atoms with Crippen LogP contribution in [0.1, 0.15) is 22.8 Å². The van der Waals surface area contributed by atoms with Crippen molar-refractivity contribution in [3.05, 3.63) is 69.4 Å². The molecule has 0 aliphatic rings. The Morgan fingerprint density at radius 1 is 1.18 bits per heavy atom. The largest absolute Gasteiger partial charge is 0.421 e. The van der Waals surface area contributed by atoms with Gasteiger partial charge in [0.15, 0.2) is 5.13 Å². The third-order valence-corrected chi connectivity index (χ3v) is 5.49. The van der Waals surface area contributed by atoms with E-state index in [1.165, 1.54) is 23.5 Å². The first kappa shape index (κ1) is 18.5. The van der Waals surface area contributed by atoms with Crippen LogP contribution in [-0.4, -0.2) is 21.1 Å². The lowest BCUT2D eigenvalue weighted by Crippen LogP contribution is -2.12. The highest BCUT2D eigenvalue weighted by Gasteiger charge is 2.12. The van der Waals surface area contributed by atoms with Crippen LogP contribution in [0.25, 0.3) is 11.5 Å². The summed E-state index contributed by atoms with van der Waals surface area (Å²) in [6.07, 6.45) is 2.94. The molecule has 9 heteroatoms. The Bertz CT molecular complexity index is 1060. The van der Waals surface area contributed by atoms with E-state index >= 15 is 0 Å². The molecule has 0 radical (unpaired) electrons. The normalized spacial score (nSPS) is 10.9. The third-order valence-electron chi connectivity index (χ3n) is 3.89. The molecule has 0 aliphatic heterocycles. The van der Waals surface area contributed by atoms with Crippen LogP contribution in [-0.2, 0) is 17.6 Å². The summed E-state index contributed by atoms with van der Waals surface area (Å²) < 4.78 is 18.5. The molecule has 1 aromatic carbocycles. The smallest absolute Gasteiger partial charge is 0.248 e. The summed E-state index contributed by atoms with van der Waals surface area (Å²) in [6.45, 7) is 0. The molecule has 0 saturated heterocycles. The van der Waals surface area contributed by atoms with Crippen molar-refractivity contribution in [2.45, 2.75) is 19.3 Å². The summed E-state index contributed by atoms with van der Waals surface area (Å²) in [6, 6.07) is 8.24. The summed E-state index contributed by atoms with van der Waals surface area (Å²) >= 11 is 2.95. The first-order valence-electron chi connectivity index (χ1n) is 8.49. The van der Waals surface area contributed by atoms with Gasteiger partial charge in [0.05, 0.1) is 0 Å². The fourth-order valence-corrected chi connectivity index (χ4v) is 4.00. The van der Waals surface area contributed by atoms with E-state index in [0.717, 1.165) is 16.0 Å². The van der Waals surface area contributed by atoms with E-state index in [9.17, 15) is 9.18 Å². The number of aryl methyl sites for hydroxylation is 1. The van der Waals surface area contributed by atoms with Gasteiger partial charge in [0.1, 0.15) is 5.82 Å². The standard InChI is InChI=1S/C19H15FN4O2S2/c20-14-3-1-12(2-4-14)9-15-10-21-19(28-15)22-16(25)5-6-17-23-24-18(26-17)13-7-8-27-11-13/h1-4,7-8,10-11H,5-6,9H2,(H,21,22,25). The number of halogens is 1. The van der Waals surface area contributed by atoms with Gasteiger partial charge in [0.2, 0.25) is 17.7 Å². The molecule has 0 bridgehead atoms. The molecule has 0 aliphatic carbocycles. The SMILES string of the molecule is O=C(CCc1nnc(-c2ccsc2)o1)Nc1ncc(Cc2ccc(F)cc2)s1. The van der Waals surface area contributed by atoms with Crippen molar-refractivity contribution in [1.29, 1.82) is 0 Å². The second-order valence-corrected chi connectivity index (χ2v) is 7.89. The second kappa shape index (κ2) is 8.41. The van der Waals surface area contributed by atoms with E-state index in [0.29, 0.717) is 29.8 Å². The molecule has 0 unspecified atom stereocenters. The number of benzene rings is 1. The van der Waals surface area contributed by atoms with Crippen LogP contribution in [0.5, 0.6) is 0 Å². The molecule has 4 rings (SSSR count). The van der Waals surface area contributed by atoms with Crippen molar-refractivity contribution in [3.63, 3.8) is 0 Å². The van der Waals surface area contributed by atoms with Crippen LogP contribution in [0.3, 0.4) is 0 Å². The number of hydrogen-bond acceptors (Lipinski definition) is 7. The monoisotopic (exact) mass is 414 g/mol. The van der Waals surface area contributed by atoms with Gasteiger partial charge in [0, 0.05) is 41.3 Å². The molecule has 4 aromatic rings. The number of anilines is 1. The van der Waals surface area contributed by atoms with Crippen LogP contribution in [0.15, 0.2) is 51.7 Å². The van der Waals surface area contributed by atoms with Crippen LogP contribution >= 0.6 is 22.7 Å². The lowest BCUT2D eigenvalue weighted by atomic mass is 10.1. The minimum Gasteiger partial charge on any atom is -0.421 e. The van der Waals surface area contributed by atoms with Gasteiger partial charge in [-0.1, -0.05) is 12.1 Å². The Hall–Kier alpha value is -2.91. The highest BCUT2D eigenvalue weighted by Crippen LogP contribution is 2.23. The Morgan fingerprint density at radius 2 is 2.04 bits per heavy atom. The van der Waals surface area contributed by atoms with Gasteiger partial charge in [0.25, 0.3) is 0 Å². The minimum absolute atomic E-state index is 0.169. The molecule has 3 heterocycles. The summed E-state index contributed by atoms with van der Waals surface area (Å²) in [4.78, 5) is 17.4. The van der Waals surface area contributed by atoms with Crippen molar-refractivity contribution < 1.29 is 13.6 Å². The highest BCUT2D eigenvalue weighted by atomic mass is 32.1. The number of rotatable bonds is 7. The summed E-state index contributed by atoms with van der Waals surface area (Å²) in [5.74, 6) is 0.456. The van der Waals surface area contributed by atoms with Gasteiger partial charge in [-0.15, -0.1) is 21.5 Å². The molecule has 142 valence electrons. The second-order valence-electron chi connectivity index (χ2n) is 6.00. The van der Waals surface area contributed by atoms with Crippen LogP contribution in [0.2, 0.25) is 0 Å². The van der Waals surface area contributed by atoms with Crippen molar-refractivity contribution >= 4 is 33.7 Å². The molecule has 1 amide bonds. The Labute approximate surface area is 168 Å². The Morgan fingerprint density at radius 3 is 2.82 bits per heavy atom. The van der Waals surface area contributed by atoms with Crippen LogP contribution in [0.4, 0.5) is 9.52 Å². The van der Waals surface area contributed by atoms with E-state index in [2.05, 4.69) is 20.5 Å². The number of nitrogens with zero attached hydrogens (tertiary/aromatic N) is 3. The molecule has 0 atom stereocenters. The first-order chi connectivity index (χ1) is 13.7. The van der Waals surface area contributed by atoms with E-state index in [1.54, 1.807) is 29.7 Å². The molecule has 6 nitrogen and oxygen atoms in total. The number of thiophene rings is 1. The quantitative estimate of drug-likeness (QED) is 0.480. The first-order valence-corrected chi connectivity index (χ1v) is 10.3. The van der Waals surface area contributed by atoms with Crippen molar-refractivity contribution in [3.8, 4) is 11.5 Å². The van der Waals surface area contributed by atoms with Gasteiger partial charge in [-0.25, -0.2) is 9.37 Å². The summed E-state index contributed by atoms with van der Waals surface area (Å²) in [7, 11) is 0. The third kappa shape index (κ3) is 4.68. The molecular weight excluding hydrogens is 399 g/mol. The number of hydrogen-bond donors (Lipinski definition) is 1. The molecular formula is C19H15FN4O2S2. The Kier molecular flexibility index (Phi) is 5.54. The number of carbonyl (C=O) groups is 1. The molecule has 0 fully saturated rings. The van der Waals surface area contributed by atoms with Gasteiger partial charge in [-0.05, 0) is 29.1 Å². The fraction of sp³-hybridized carbons (Fsp3) is 0.158. The van der Waals surface area contributed by atoms with E-state index < -0.39 is 0 Å². The van der Waals surface area contributed by atoms with E-state index in [-0.39, 0.29) is 18.1 Å². The van der Waals surface area contributed by atoms with E-state index in [4.69, 9.17) is 4.42 Å². The Balaban J connectivity index is 1.28. The molecule has 0 saturated carbocycles. The van der Waals surface area contributed by atoms with Crippen LogP contribution < -0.4 is 5.32 Å². The maximum Gasteiger partial charge on any atom is 0.248 e. The maximum atomic E-state index is 13.0. The zero-order chi connectivity index (χ0) is 19.3. The number of amides is 1. The molecule has 0 spiro atoms. The number of carbonyl (C=O) groups excluding carboxylic acids is 1. The van der Waals surface area contributed by atoms with Crippen LogP contribution in [0, 0.1) is 5.82 Å². The van der Waals surface area contributed by atoms with Gasteiger partial charge >= 0.3 is 0 Å². The van der Waals surface area contributed by atoms with Gasteiger partial charge in [-0.3, -0.25) is 4.79 Å². The molecule has 1 N–H and O–H groups in total. The highest BCUT2D eigenvalue weighted by molar-refractivity contribution is 7.15. The predicted molar refractivity (Wildman–Crippen MR) is 106 cm³/mol. The summed E-state index contributed by atoms with van der Waals surface area (Å²) in [5.41, 5.74) is 1.87. The lowest BCUT2D eigenvalue weighted by molar-refractivity contribution is -0.116. The lowest BCUT2D eigenvalue weighted by Gasteiger charge is -1.99. The van der Waals surface area contributed by atoms with Crippen molar-refractivity contribution in [1.82, 2.24) is 15.2 Å². The number of aromatic nitrogens is 3.